The van der Waals surface area contributed by atoms with E-state index in [1.165, 1.54) is 13.2 Å². The maximum Gasteiger partial charge on any atom is 0.257 e. The number of benzene rings is 2. The van der Waals surface area contributed by atoms with Crippen LogP contribution in [-0.4, -0.2) is 36.9 Å². The third-order valence-corrected chi connectivity index (χ3v) is 4.90. The van der Waals surface area contributed by atoms with Gasteiger partial charge in [0.25, 0.3) is 5.91 Å². The molecular weight excluding hydrogens is 347 g/mol. The van der Waals surface area contributed by atoms with Crippen molar-refractivity contribution in [2.45, 2.75) is 19.4 Å². The molecule has 1 saturated heterocycles. The lowest BCUT2D eigenvalue weighted by Crippen LogP contribution is -2.43. The molecule has 6 heteroatoms. The van der Waals surface area contributed by atoms with Gasteiger partial charge >= 0.3 is 0 Å². The van der Waals surface area contributed by atoms with Crippen molar-refractivity contribution in [3.05, 3.63) is 65.5 Å². The quantitative estimate of drug-likeness (QED) is 0.880. The first-order valence-electron chi connectivity index (χ1n) is 9.03. The number of carbonyl (C=O) groups excluding carboxylic acids is 2. The summed E-state index contributed by atoms with van der Waals surface area (Å²) in [6.07, 6.45) is 1.17. The maximum atomic E-state index is 13.6. The minimum atomic E-state index is -0.324. The van der Waals surface area contributed by atoms with Crippen LogP contribution in [0.15, 0.2) is 48.5 Å². The van der Waals surface area contributed by atoms with Gasteiger partial charge in [-0.1, -0.05) is 30.3 Å². The lowest BCUT2D eigenvalue weighted by molar-refractivity contribution is -0.126. The summed E-state index contributed by atoms with van der Waals surface area (Å²) < 4.78 is 18.9. The van der Waals surface area contributed by atoms with Gasteiger partial charge in [-0.2, -0.15) is 0 Å². The number of hydrogen-bond acceptors (Lipinski definition) is 3. The molecule has 0 atom stereocenters. The van der Waals surface area contributed by atoms with Gasteiger partial charge in [-0.15, -0.1) is 0 Å². The molecule has 142 valence electrons. The average molecular weight is 370 g/mol. The number of halogens is 1. The Morgan fingerprint density at radius 3 is 2.48 bits per heavy atom. The van der Waals surface area contributed by atoms with Gasteiger partial charge in [0.15, 0.2) is 0 Å². The van der Waals surface area contributed by atoms with Crippen LogP contribution in [0.1, 0.15) is 28.8 Å². The number of hydrogen-bond donors (Lipinski definition) is 1. The molecule has 2 amide bonds. The van der Waals surface area contributed by atoms with Gasteiger partial charge in [0.2, 0.25) is 5.91 Å². The molecule has 0 unspecified atom stereocenters. The summed E-state index contributed by atoms with van der Waals surface area (Å²) in [5.41, 5.74) is 0.997. The zero-order chi connectivity index (χ0) is 19.2. The second-order valence-electron chi connectivity index (χ2n) is 6.58. The van der Waals surface area contributed by atoms with Crippen LogP contribution in [-0.2, 0) is 11.3 Å². The van der Waals surface area contributed by atoms with E-state index in [9.17, 15) is 14.0 Å². The molecule has 0 aliphatic carbocycles. The molecule has 1 N–H and O–H groups in total. The van der Waals surface area contributed by atoms with Crippen LogP contribution in [0.3, 0.4) is 0 Å². The fourth-order valence-corrected chi connectivity index (χ4v) is 3.30. The topological polar surface area (TPSA) is 58.6 Å². The summed E-state index contributed by atoms with van der Waals surface area (Å²) in [7, 11) is 1.54. The van der Waals surface area contributed by atoms with Gasteiger partial charge < -0.3 is 15.0 Å². The summed E-state index contributed by atoms with van der Waals surface area (Å²) >= 11 is 0. The minimum Gasteiger partial charge on any atom is -0.496 e. The van der Waals surface area contributed by atoms with Crippen molar-refractivity contribution in [3.63, 3.8) is 0 Å². The standard InChI is InChI=1S/C21H23FN2O3/c1-27-19-9-5-3-7-17(19)21(26)24-12-10-15(11-13-24)20(25)23-14-16-6-2-4-8-18(16)22/h2-9,15H,10-14H2,1H3,(H,23,25). The van der Waals surface area contributed by atoms with E-state index in [-0.39, 0.29) is 30.1 Å². The molecule has 27 heavy (non-hydrogen) atoms. The Labute approximate surface area is 158 Å². The summed E-state index contributed by atoms with van der Waals surface area (Å²) in [4.78, 5) is 26.8. The Morgan fingerprint density at radius 1 is 1.11 bits per heavy atom. The number of amides is 2. The van der Waals surface area contributed by atoms with E-state index in [0.29, 0.717) is 42.8 Å². The molecule has 1 aliphatic rings. The van der Waals surface area contributed by atoms with Crippen LogP contribution in [0.2, 0.25) is 0 Å². The fraction of sp³-hybridized carbons (Fsp3) is 0.333. The molecule has 0 radical (unpaired) electrons. The molecule has 0 saturated carbocycles. The van der Waals surface area contributed by atoms with E-state index in [1.54, 1.807) is 41.3 Å². The number of para-hydroxylation sites is 1. The average Bonchev–Trinajstić information content (AvgIpc) is 2.72. The largest absolute Gasteiger partial charge is 0.496 e. The maximum absolute atomic E-state index is 13.6. The molecule has 2 aromatic rings. The smallest absolute Gasteiger partial charge is 0.257 e. The molecule has 2 aromatic carbocycles. The van der Waals surface area contributed by atoms with Crippen LogP contribution in [0.25, 0.3) is 0 Å². The monoisotopic (exact) mass is 370 g/mol. The van der Waals surface area contributed by atoms with E-state index in [1.807, 2.05) is 6.07 Å². The zero-order valence-corrected chi connectivity index (χ0v) is 15.3. The first-order valence-corrected chi connectivity index (χ1v) is 9.03. The Morgan fingerprint density at radius 2 is 1.78 bits per heavy atom. The van der Waals surface area contributed by atoms with Gasteiger partial charge in [-0.3, -0.25) is 9.59 Å². The minimum absolute atomic E-state index is 0.0855. The Bertz CT molecular complexity index is 817. The van der Waals surface area contributed by atoms with Crippen LogP contribution in [0.5, 0.6) is 5.75 Å². The number of methoxy groups -OCH3 is 1. The summed E-state index contributed by atoms with van der Waals surface area (Å²) in [5.74, 6) is -0.124. The van der Waals surface area contributed by atoms with Crippen molar-refractivity contribution in [2.75, 3.05) is 20.2 Å². The van der Waals surface area contributed by atoms with Gasteiger partial charge in [-0.25, -0.2) is 4.39 Å². The normalized spacial score (nSPS) is 14.7. The Kier molecular flexibility index (Phi) is 6.06. The van der Waals surface area contributed by atoms with E-state index >= 15 is 0 Å². The lowest BCUT2D eigenvalue weighted by atomic mass is 9.95. The highest BCUT2D eigenvalue weighted by atomic mass is 19.1. The highest BCUT2D eigenvalue weighted by Crippen LogP contribution is 2.23. The van der Waals surface area contributed by atoms with Crippen molar-refractivity contribution >= 4 is 11.8 Å². The first-order chi connectivity index (χ1) is 13.1. The highest BCUT2D eigenvalue weighted by Gasteiger charge is 2.28. The second kappa shape index (κ2) is 8.66. The summed E-state index contributed by atoms with van der Waals surface area (Å²) in [6, 6.07) is 13.5. The third-order valence-electron chi connectivity index (χ3n) is 4.90. The molecule has 3 rings (SSSR count). The van der Waals surface area contributed by atoms with Crippen LogP contribution >= 0.6 is 0 Å². The van der Waals surface area contributed by atoms with Crippen molar-refractivity contribution in [1.29, 1.82) is 0 Å². The zero-order valence-electron chi connectivity index (χ0n) is 15.3. The van der Waals surface area contributed by atoms with E-state index < -0.39 is 0 Å². The first kappa shape index (κ1) is 18.9. The van der Waals surface area contributed by atoms with Gasteiger partial charge in [0, 0.05) is 31.1 Å². The highest BCUT2D eigenvalue weighted by molar-refractivity contribution is 5.97. The molecule has 1 heterocycles. The van der Waals surface area contributed by atoms with E-state index in [2.05, 4.69) is 5.32 Å². The number of ether oxygens (including phenoxy) is 1. The number of rotatable bonds is 5. The number of carbonyl (C=O) groups is 2. The van der Waals surface area contributed by atoms with Crippen molar-refractivity contribution in [3.8, 4) is 5.75 Å². The molecule has 1 aliphatic heterocycles. The molecule has 1 fully saturated rings. The third kappa shape index (κ3) is 4.45. The van der Waals surface area contributed by atoms with Gasteiger partial charge in [-0.05, 0) is 31.0 Å². The molecule has 0 aromatic heterocycles. The van der Waals surface area contributed by atoms with Crippen LogP contribution in [0, 0.1) is 11.7 Å². The number of nitrogens with zero attached hydrogens (tertiary/aromatic N) is 1. The van der Waals surface area contributed by atoms with Crippen LogP contribution in [0.4, 0.5) is 4.39 Å². The van der Waals surface area contributed by atoms with Crippen LogP contribution < -0.4 is 10.1 Å². The second-order valence-corrected chi connectivity index (χ2v) is 6.58. The SMILES string of the molecule is COc1ccccc1C(=O)N1CCC(C(=O)NCc2ccccc2F)CC1. The molecule has 0 bridgehead atoms. The van der Waals surface area contributed by atoms with Crippen molar-refractivity contribution in [1.82, 2.24) is 10.2 Å². The predicted octanol–water partition coefficient (Wildman–Crippen LogP) is 3.00. The Hall–Kier alpha value is -2.89. The van der Waals surface area contributed by atoms with Crippen molar-refractivity contribution < 1.29 is 18.7 Å². The predicted molar refractivity (Wildman–Crippen MR) is 99.9 cm³/mol. The van der Waals surface area contributed by atoms with E-state index in [4.69, 9.17) is 4.74 Å². The number of nitrogens with one attached hydrogen (secondary N) is 1. The summed E-state index contributed by atoms with van der Waals surface area (Å²) in [5, 5.41) is 2.80. The number of piperidine rings is 1. The van der Waals surface area contributed by atoms with Gasteiger partial charge in [0.05, 0.1) is 12.7 Å². The van der Waals surface area contributed by atoms with Crippen molar-refractivity contribution in [2.24, 2.45) is 5.92 Å². The molecular formula is C21H23FN2O3. The fourth-order valence-electron chi connectivity index (χ4n) is 3.30. The molecule has 5 nitrogen and oxygen atoms in total. The van der Waals surface area contributed by atoms with Gasteiger partial charge in [0.1, 0.15) is 11.6 Å². The molecule has 0 spiro atoms. The number of likely N-dealkylation sites (tertiary alicyclic amines) is 1. The Balaban J connectivity index is 1.53. The lowest BCUT2D eigenvalue weighted by Gasteiger charge is -2.31. The summed E-state index contributed by atoms with van der Waals surface area (Å²) in [6.45, 7) is 1.19. The van der Waals surface area contributed by atoms with E-state index in [0.717, 1.165) is 0 Å².